The number of para-hydroxylation sites is 2. The number of aromatic hydroxyl groups is 1. The molecule has 0 saturated heterocycles. The summed E-state index contributed by atoms with van der Waals surface area (Å²) in [5.41, 5.74) is 17.6. The molecule has 0 bridgehead atoms. The van der Waals surface area contributed by atoms with E-state index in [0.29, 0.717) is 12.1 Å². The van der Waals surface area contributed by atoms with E-state index in [1.54, 1.807) is 0 Å². The van der Waals surface area contributed by atoms with Crippen LogP contribution < -0.4 is 9.47 Å². The summed E-state index contributed by atoms with van der Waals surface area (Å²) in [6.45, 7) is 4.16. The third kappa shape index (κ3) is 7.62. The van der Waals surface area contributed by atoms with E-state index in [-0.39, 0.29) is 23.9 Å². The van der Waals surface area contributed by atoms with E-state index in [1.807, 2.05) is 67.0 Å². The number of allylic oxidation sites excluding steroid dienone is 2. The Balaban J connectivity index is 0.876. The van der Waals surface area contributed by atoms with Crippen molar-refractivity contribution in [3.05, 3.63) is 153 Å². The molecule has 0 fully saturated rings. The molecule has 2 N–H and O–H groups in total. The minimum Gasteiger partial charge on any atom is -0.505 e. The third-order valence-corrected chi connectivity index (χ3v) is 14.0. The Hall–Kier alpha value is -5.46. The van der Waals surface area contributed by atoms with E-state index in [0.717, 1.165) is 85.3 Å². The maximum absolute atomic E-state index is 12.2. The number of aromatic nitrogens is 1. The third-order valence-electron chi connectivity index (χ3n) is 14.0. The predicted molar refractivity (Wildman–Crippen MR) is 245 cm³/mol. The maximum atomic E-state index is 12.2. The van der Waals surface area contributed by atoms with Crippen LogP contribution in [0.25, 0.3) is 22.4 Å². The predicted octanol–water partition coefficient (Wildman–Crippen LogP) is 11.5. The number of aliphatic hydroxyl groups excluding tert-OH is 1. The van der Waals surface area contributed by atoms with Crippen LogP contribution in [0.5, 0.6) is 17.2 Å². The Labute approximate surface area is 361 Å². The first-order valence-electron chi connectivity index (χ1n) is 23.0. The Bertz CT molecular complexity index is 2530. The highest BCUT2D eigenvalue weighted by atomic mass is 16.5. The van der Waals surface area contributed by atoms with Crippen LogP contribution in [0.1, 0.15) is 120 Å². The molecule has 5 aliphatic rings. The van der Waals surface area contributed by atoms with Gasteiger partial charge in [0.25, 0.3) is 0 Å². The van der Waals surface area contributed by atoms with E-state index in [9.17, 15) is 10.2 Å². The molecule has 0 radical (unpaired) electrons. The summed E-state index contributed by atoms with van der Waals surface area (Å²) in [5, 5.41) is 24.4. The molecule has 2 unspecified atom stereocenters. The number of benzene rings is 4. The highest BCUT2D eigenvalue weighted by molar-refractivity contribution is 6.08. The topological polar surface area (TPSA) is 84.2 Å². The van der Waals surface area contributed by atoms with Crippen molar-refractivity contribution in [2.75, 3.05) is 0 Å². The molecule has 0 amide bonds. The van der Waals surface area contributed by atoms with Crippen molar-refractivity contribution in [1.82, 2.24) is 4.98 Å². The van der Waals surface area contributed by atoms with Crippen LogP contribution in [0.4, 0.5) is 0 Å². The SMILES string of the molecule is C[C@@H](C[C@H](C)Oc1ccccc1C1C=CN=C(c2c3c(cc4c2CCCC4)CC=CC3)C1O)Oc1ccccc1-c1ccnc(-c2c3c(cc4c2CCCC4)CCCC3)c1O. The zero-order valence-corrected chi connectivity index (χ0v) is 35.8. The summed E-state index contributed by atoms with van der Waals surface area (Å²) in [7, 11) is 0. The minimum absolute atomic E-state index is 0.183. The fourth-order valence-corrected chi connectivity index (χ4v) is 11.1. The summed E-state index contributed by atoms with van der Waals surface area (Å²) in [4.78, 5) is 9.80. The standard InChI is InChI=1S/C55H58N2O4/c1-34(60-48-25-13-11-23-44(48)46-27-29-56-52(54(46)58)50-40-19-7-3-15-36(40)32-37-16-4-8-20-41(37)50)31-35(2)61-49-26-14-12-24-45(49)47-28-30-57-53(55(47)59)51-42-21-9-5-17-38(42)33-39-18-6-10-22-43(39)51/h3,7,11-14,23-30,32-35,46,54,58-59H,4-6,8-10,15-22,31H2,1-2H3/t34-,35-,46?,54?/m0/s1. The van der Waals surface area contributed by atoms with Crippen molar-refractivity contribution in [2.24, 2.45) is 4.99 Å². The Morgan fingerprint density at radius 3 is 1.95 bits per heavy atom. The van der Waals surface area contributed by atoms with Gasteiger partial charge in [-0.15, -0.1) is 0 Å². The van der Waals surface area contributed by atoms with Crippen molar-refractivity contribution in [1.29, 1.82) is 0 Å². The molecule has 2 heterocycles. The first kappa shape index (κ1) is 39.7. The van der Waals surface area contributed by atoms with Gasteiger partial charge < -0.3 is 19.7 Å². The van der Waals surface area contributed by atoms with Gasteiger partial charge in [-0.1, -0.05) is 66.8 Å². The molecule has 4 aromatic carbocycles. The number of hydrogen-bond acceptors (Lipinski definition) is 6. The largest absolute Gasteiger partial charge is 0.505 e. The lowest BCUT2D eigenvalue weighted by molar-refractivity contribution is 0.129. The molecule has 1 aromatic heterocycles. The van der Waals surface area contributed by atoms with Gasteiger partial charge in [0.15, 0.2) is 0 Å². The Morgan fingerprint density at radius 2 is 1.23 bits per heavy atom. The second-order valence-corrected chi connectivity index (χ2v) is 18.1. The van der Waals surface area contributed by atoms with Crippen LogP contribution in [-0.4, -0.2) is 39.2 Å². The average molecular weight is 811 g/mol. The smallest absolute Gasteiger partial charge is 0.149 e. The molecular formula is C55H58N2O4. The molecule has 4 aliphatic carbocycles. The van der Waals surface area contributed by atoms with Crippen LogP contribution in [-0.2, 0) is 51.4 Å². The highest BCUT2D eigenvalue weighted by Crippen LogP contribution is 2.46. The second kappa shape index (κ2) is 17.1. The molecule has 4 atom stereocenters. The van der Waals surface area contributed by atoms with Crippen molar-refractivity contribution >= 4 is 5.71 Å². The lowest BCUT2D eigenvalue weighted by Crippen LogP contribution is -2.33. The molecule has 10 rings (SSSR count). The van der Waals surface area contributed by atoms with Gasteiger partial charge in [0.1, 0.15) is 29.0 Å². The van der Waals surface area contributed by atoms with E-state index in [1.165, 1.54) is 94.2 Å². The van der Waals surface area contributed by atoms with Gasteiger partial charge in [-0.3, -0.25) is 9.98 Å². The number of hydrogen-bond donors (Lipinski definition) is 2. The van der Waals surface area contributed by atoms with Crippen molar-refractivity contribution < 1.29 is 19.7 Å². The van der Waals surface area contributed by atoms with Gasteiger partial charge >= 0.3 is 0 Å². The molecule has 312 valence electrons. The summed E-state index contributed by atoms with van der Waals surface area (Å²) in [6, 6.07) is 22.9. The van der Waals surface area contributed by atoms with Gasteiger partial charge in [0, 0.05) is 52.6 Å². The zero-order chi connectivity index (χ0) is 41.5. The molecule has 1 aliphatic heterocycles. The molecule has 5 aromatic rings. The number of aliphatic imine (C=N–C) groups is 1. The summed E-state index contributed by atoms with van der Waals surface area (Å²) in [5.74, 6) is 1.41. The number of aryl methyl sites for hydroxylation is 3. The monoisotopic (exact) mass is 810 g/mol. The lowest BCUT2D eigenvalue weighted by atomic mass is 9.76. The molecule has 0 spiro atoms. The number of rotatable bonds is 10. The maximum Gasteiger partial charge on any atom is 0.149 e. The number of fused-ring (bicyclic) bond motifs is 4. The van der Waals surface area contributed by atoms with Crippen LogP contribution in [0.2, 0.25) is 0 Å². The first-order valence-corrected chi connectivity index (χ1v) is 23.0. The fourth-order valence-electron chi connectivity index (χ4n) is 11.1. The first-order chi connectivity index (χ1) is 29.9. The second-order valence-electron chi connectivity index (χ2n) is 18.1. The molecular weight excluding hydrogens is 753 g/mol. The van der Waals surface area contributed by atoms with E-state index >= 15 is 0 Å². The van der Waals surface area contributed by atoms with Gasteiger partial charge in [-0.25, -0.2) is 0 Å². The summed E-state index contributed by atoms with van der Waals surface area (Å²) >= 11 is 0. The number of nitrogens with zero attached hydrogens (tertiary/aromatic N) is 2. The molecule has 6 heteroatoms. The van der Waals surface area contributed by atoms with E-state index < -0.39 is 6.10 Å². The molecule has 6 nitrogen and oxygen atoms in total. The fraction of sp³-hybridized carbons (Fsp3) is 0.382. The average Bonchev–Trinajstić information content (AvgIpc) is 3.28. The van der Waals surface area contributed by atoms with Gasteiger partial charge in [0.05, 0.1) is 17.9 Å². The normalized spacial score (nSPS) is 20.1. The van der Waals surface area contributed by atoms with Crippen molar-refractivity contribution in [3.63, 3.8) is 0 Å². The Kier molecular flexibility index (Phi) is 11.1. The summed E-state index contributed by atoms with van der Waals surface area (Å²) in [6.07, 6.45) is 25.1. The zero-order valence-electron chi connectivity index (χ0n) is 35.8. The van der Waals surface area contributed by atoms with Crippen LogP contribution >= 0.6 is 0 Å². The highest BCUT2D eigenvalue weighted by Gasteiger charge is 2.34. The van der Waals surface area contributed by atoms with E-state index in [2.05, 4.69) is 44.2 Å². The van der Waals surface area contributed by atoms with Crippen molar-refractivity contribution in [3.8, 4) is 39.6 Å². The quantitative estimate of drug-likeness (QED) is 0.137. The van der Waals surface area contributed by atoms with Gasteiger partial charge in [-0.05, 0) is 166 Å². The molecule has 61 heavy (non-hydrogen) atoms. The molecule has 0 saturated carbocycles. The lowest BCUT2D eigenvalue weighted by Gasteiger charge is -2.32. The van der Waals surface area contributed by atoms with Crippen LogP contribution in [0, 0.1) is 0 Å². The number of ether oxygens (including phenoxy) is 2. The van der Waals surface area contributed by atoms with Gasteiger partial charge in [0.2, 0.25) is 0 Å². The number of pyridine rings is 1. The van der Waals surface area contributed by atoms with Crippen LogP contribution in [0.15, 0.2) is 102 Å². The minimum atomic E-state index is -0.796. The van der Waals surface area contributed by atoms with Gasteiger partial charge in [-0.2, -0.15) is 0 Å². The Morgan fingerprint density at radius 1 is 0.639 bits per heavy atom. The van der Waals surface area contributed by atoms with Crippen molar-refractivity contribution in [2.45, 2.75) is 134 Å². The summed E-state index contributed by atoms with van der Waals surface area (Å²) < 4.78 is 13.5. The number of aliphatic hydroxyl groups is 1. The van der Waals surface area contributed by atoms with Crippen LogP contribution in [0.3, 0.4) is 0 Å². The van der Waals surface area contributed by atoms with E-state index in [4.69, 9.17) is 19.5 Å².